The number of thiazole rings is 1. The summed E-state index contributed by atoms with van der Waals surface area (Å²) in [5.74, 6) is -0.242. The zero-order valence-electron chi connectivity index (χ0n) is 26.8. The number of amides is 3. The first-order valence-electron chi connectivity index (χ1n) is 16.5. The first-order chi connectivity index (χ1) is 23.7. The molecule has 3 fully saturated rings. The molecule has 6 heterocycles. The van der Waals surface area contributed by atoms with Crippen molar-refractivity contribution >= 4 is 64.2 Å². The molecule has 0 radical (unpaired) electrons. The minimum absolute atomic E-state index is 0.204. The number of halogens is 1. The minimum atomic E-state index is -0.706. The number of benzene rings is 1. The lowest BCUT2D eigenvalue weighted by atomic mass is 9.82. The molecule has 12 nitrogen and oxygen atoms in total. The lowest BCUT2D eigenvalue weighted by molar-refractivity contribution is -0.137. The number of carbonyl (C=O) groups is 3. The molecule has 4 aliphatic heterocycles. The number of nitrogens with one attached hydrogen (secondary N) is 3. The van der Waals surface area contributed by atoms with Gasteiger partial charge in [0, 0.05) is 74.6 Å². The van der Waals surface area contributed by atoms with Gasteiger partial charge in [-0.1, -0.05) is 23.7 Å². The molecule has 0 spiro atoms. The molecule has 7 rings (SSSR count). The zero-order valence-corrected chi connectivity index (χ0v) is 29.3. The van der Waals surface area contributed by atoms with Gasteiger partial charge in [-0.05, 0) is 55.4 Å². The molecule has 3 aromatic rings. The van der Waals surface area contributed by atoms with E-state index >= 15 is 0 Å². The number of pyridine rings is 1. The summed E-state index contributed by atoms with van der Waals surface area (Å²) in [4.78, 5) is 50.7. The fourth-order valence-corrected chi connectivity index (χ4v) is 8.40. The molecule has 15 heteroatoms. The molecule has 0 bridgehead atoms. The van der Waals surface area contributed by atoms with Crippen LogP contribution in [0.5, 0.6) is 0 Å². The summed E-state index contributed by atoms with van der Waals surface area (Å²) < 4.78 is 5.44. The number of rotatable bonds is 9. The standard InChI is InChI=1S/C34H37ClN8O4S2/c35-25-15-37-28(14-24(25)26-17-49-33(40-26)38-19-34(18-36)7-11-47-12-8-34)39-21-5-9-42(10-6-21)16-20-1-2-22-23(13-20)31(46)43(32(22)48)27-3-4-29(44)41-30(27)45/h1-2,13-15,17,21,27,32,48H,3-12,16,19H2,(H,37,39)(H,38,40)(H,41,44,45). The Bertz CT molecular complexity index is 1800. The van der Waals surface area contributed by atoms with Crippen LogP contribution in [0.3, 0.4) is 0 Å². The van der Waals surface area contributed by atoms with Crippen LogP contribution in [0.2, 0.25) is 5.02 Å². The molecule has 3 N–H and O–H groups in total. The number of aromatic nitrogens is 2. The van der Waals surface area contributed by atoms with Crippen molar-refractivity contribution in [2.24, 2.45) is 5.41 Å². The van der Waals surface area contributed by atoms with Crippen molar-refractivity contribution in [1.29, 1.82) is 5.26 Å². The zero-order chi connectivity index (χ0) is 34.1. The molecule has 3 amide bonds. The highest BCUT2D eigenvalue weighted by atomic mass is 35.5. The molecule has 2 aromatic heterocycles. The molecular formula is C34H37ClN8O4S2. The summed E-state index contributed by atoms with van der Waals surface area (Å²) in [6.07, 6.45) is 5.41. The number of likely N-dealkylation sites (tertiary alicyclic amines) is 1. The predicted molar refractivity (Wildman–Crippen MR) is 189 cm³/mol. The van der Waals surface area contributed by atoms with Gasteiger partial charge in [0.15, 0.2) is 5.13 Å². The summed E-state index contributed by atoms with van der Waals surface area (Å²) in [7, 11) is 0. The van der Waals surface area contributed by atoms with Gasteiger partial charge in [0.05, 0.1) is 22.2 Å². The van der Waals surface area contributed by atoms with Crippen molar-refractivity contribution in [2.75, 3.05) is 43.5 Å². The number of fused-ring (bicyclic) bond motifs is 1. The second-order valence-corrected chi connectivity index (χ2v) is 14.9. The van der Waals surface area contributed by atoms with Gasteiger partial charge in [0.25, 0.3) is 5.91 Å². The van der Waals surface area contributed by atoms with Crippen LogP contribution in [0.1, 0.15) is 65.4 Å². The third kappa shape index (κ3) is 7.13. The van der Waals surface area contributed by atoms with Crippen LogP contribution in [0, 0.1) is 16.7 Å². The quantitative estimate of drug-likeness (QED) is 0.178. The Labute approximate surface area is 299 Å². The number of imide groups is 1. The van der Waals surface area contributed by atoms with Gasteiger partial charge in [-0.15, -0.1) is 24.0 Å². The Kier molecular flexibility index (Phi) is 9.81. The Morgan fingerprint density at radius 2 is 1.94 bits per heavy atom. The highest BCUT2D eigenvalue weighted by Gasteiger charge is 2.43. The van der Waals surface area contributed by atoms with E-state index in [9.17, 15) is 19.6 Å². The Hall–Kier alpha value is -3.74. The van der Waals surface area contributed by atoms with E-state index in [0.29, 0.717) is 56.2 Å². The van der Waals surface area contributed by atoms with Gasteiger partial charge in [-0.25, -0.2) is 9.97 Å². The molecular weight excluding hydrogens is 684 g/mol. The molecule has 3 saturated heterocycles. The van der Waals surface area contributed by atoms with Gasteiger partial charge < -0.3 is 20.3 Å². The maximum atomic E-state index is 13.4. The van der Waals surface area contributed by atoms with Crippen LogP contribution < -0.4 is 16.0 Å². The first-order valence-corrected chi connectivity index (χ1v) is 18.3. The van der Waals surface area contributed by atoms with Gasteiger partial charge >= 0.3 is 0 Å². The average Bonchev–Trinajstić information content (AvgIpc) is 3.68. The van der Waals surface area contributed by atoms with E-state index in [2.05, 4.69) is 44.5 Å². The first kappa shape index (κ1) is 33.7. The third-order valence-corrected chi connectivity index (χ3v) is 11.5. The second kappa shape index (κ2) is 14.2. The van der Waals surface area contributed by atoms with E-state index < -0.39 is 22.7 Å². The van der Waals surface area contributed by atoms with Crippen LogP contribution in [-0.4, -0.2) is 82.4 Å². The molecule has 256 valence electrons. The maximum Gasteiger partial charge on any atom is 0.256 e. The highest BCUT2D eigenvalue weighted by molar-refractivity contribution is 7.80. The van der Waals surface area contributed by atoms with Gasteiger partial charge in [-0.3, -0.25) is 24.6 Å². The largest absolute Gasteiger partial charge is 0.381 e. The highest BCUT2D eigenvalue weighted by Crippen LogP contribution is 2.40. The Morgan fingerprint density at radius 1 is 1.14 bits per heavy atom. The lowest BCUT2D eigenvalue weighted by Gasteiger charge is -2.32. The van der Waals surface area contributed by atoms with E-state index in [1.165, 1.54) is 16.2 Å². The number of piperidine rings is 2. The lowest BCUT2D eigenvalue weighted by Crippen LogP contribution is -2.53. The number of nitriles is 1. The predicted octanol–water partition coefficient (Wildman–Crippen LogP) is 4.86. The van der Waals surface area contributed by atoms with Crippen LogP contribution in [-0.2, 0) is 20.9 Å². The van der Waals surface area contributed by atoms with Crippen molar-refractivity contribution in [1.82, 2.24) is 25.1 Å². The van der Waals surface area contributed by atoms with E-state index in [1.807, 2.05) is 29.6 Å². The van der Waals surface area contributed by atoms with Crippen molar-refractivity contribution in [2.45, 2.75) is 62.5 Å². The molecule has 0 aliphatic carbocycles. The summed E-state index contributed by atoms with van der Waals surface area (Å²) >= 11 is 12.7. The van der Waals surface area contributed by atoms with E-state index in [-0.39, 0.29) is 24.3 Å². The second-order valence-electron chi connectivity index (χ2n) is 13.1. The summed E-state index contributed by atoms with van der Waals surface area (Å²) in [5, 5.41) is 21.7. The fraction of sp³-hybridized carbons (Fsp3) is 0.471. The van der Waals surface area contributed by atoms with Crippen molar-refractivity contribution in [3.8, 4) is 17.3 Å². The summed E-state index contributed by atoms with van der Waals surface area (Å²) in [5.41, 5.74) is 3.49. The molecule has 4 aliphatic rings. The maximum absolute atomic E-state index is 13.4. The third-order valence-electron chi connectivity index (χ3n) is 9.92. The minimum Gasteiger partial charge on any atom is -0.381 e. The number of nitrogens with zero attached hydrogens (tertiary/aromatic N) is 5. The van der Waals surface area contributed by atoms with Crippen LogP contribution in [0.4, 0.5) is 10.9 Å². The van der Waals surface area contributed by atoms with Crippen molar-refractivity contribution < 1.29 is 19.1 Å². The van der Waals surface area contributed by atoms with E-state index in [4.69, 9.17) is 21.3 Å². The average molecular weight is 721 g/mol. The monoisotopic (exact) mass is 720 g/mol. The SMILES string of the molecule is N#CC1(CNc2nc(-c3cc(NC4CCN(Cc5ccc6c(c5)C(=O)N(C5CCC(=O)NC5=O)C6S)CC4)ncc3Cl)cs2)CCOCC1. The molecule has 1 aromatic carbocycles. The number of thiol groups is 1. The van der Waals surface area contributed by atoms with Gasteiger partial charge in [0.2, 0.25) is 11.8 Å². The van der Waals surface area contributed by atoms with E-state index in [1.54, 1.807) is 6.20 Å². The van der Waals surface area contributed by atoms with Crippen LogP contribution in [0.15, 0.2) is 35.8 Å². The fourth-order valence-electron chi connectivity index (χ4n) is 7.00. The Morgan fingerprint density at radius 3 is 2.69 bits per heavy atom. The topological polar surface area (TPSA) is 153 Å². The van der Waals surface area contributed by atoms with Gasteiger partial charge in [0.1, 0.15) is 17.2 Å². The summed E-state index contributed by atoms with van der Waals surface area (Å²) in [6, 6.07) is 9.83. The van der Waals surface area contributed by atoms with Crippen LogP contribution >= 0.6 is 35.6 Å². The van der Waals surface area contributed by atoms with Crippen molar-refractivity contribution in [3.05, 3.63) is 57.6 Å². The molecule has 49 heavy (non-hydrogen) atoms. The van der Waals surface area contributed by atoms with E-state index in [0.717, 1.165) is 59.3 Å². The number of ether oxygens (including phenoxy) is 1. The molecule has 0 saturated carbocycles. The number of carbonyl (C=O) groups excluding carboxylic acids is 3. The van der Waals surface area contributed by atoms with Crippen molar-refractivity contribution in [3.63, 3.8) is 0 Å². The van der Waals surface area contributed by atoms with Gasteiger partial charge in [-0.2, -0.15) is 5.26 Å². The smallest absolute Gasteiger partial charge is 0.256 e. The number of anilines is 2. The Balaban J connectivity index is 0.931. The number of hydrogen-bond acceptors (Lipinski definition) is 12. The van der Waals surface area contributed by atoms with Crippen LogP contribution in [0.25, 0.3) is 11.3 Å². The summed E-state index contributed by atoms with van der Waals surface area (Å²) in [6.45, 7) is 4.18. The normalized spacial score (nSPS) is 22.8. The molecule has 2 unspecified atom stereocenters. The number of hydrogen-bond donors (Lipinski definition) is 4. The molecule has 2 atom stereocenters.